The number of hydrogen-bond donors (Lipinski definition) is 1. The third-order valence-corrected chi connectivity index (χ3v) is 5.32. The zero-order chi connectivity index (χ0) is 15.8. The first kappa shape index (κ1) is 15.9. The van der Waals surface area contributed by atoms with E-state index in [4.69, 9.17) is 9.88 Å². The molecule has 1 saturated heterocycles. The lowest BCUT2D eigenvalue weighted by molar-refractivity contribution is -0.117. The van der Waals surface area contributed by atoms with Gasteiger partial charge in [-0.15, -0.1) is 11.3 Å². The van der Waals surface area contributed by atoms with Crippen molar-refractivity contribution in [3.63, 3.8) is 0 Å². The number of hydrogen-bond acceptors (Lipinski definition) is 6. The minimum atomic E-state index is -3.63. The van der Waals surface area contributed by atoms with E-state index in [0.29, 0.717) is 10.6 Å². The first-order chi connectivity index (χ1) is 9.73. The fraction of sp³-hybridized carbons (Fsp3) is 0.500. The Labute approximate surface area is 126 Å². The molecule has 2 rings (SSSR count). The quantitative estimate of drug-likeness (QED) is 0.807. The molecular weight excluding hydrogens is 316 g/mol. The average Bonchev–Trinajstić information content (AvgIpc) is 2.89. The van der Waals surface area contributed by atoms with Gasteiger partial charge in [-0.25, -0.2) is 18.4 Å². The molecule has 1 aromatic rings. The highest BCUT2D eigenvalue weighted by atomic mass is 32.2. The summed E-state index contributed by atoms with van der Waals surface area (Å²) in [5, 5.41) is 7.29. The Bertz CT molecular complexity index is 680. The summed E-state index contributed by atoms with van der Waals surface area (Å²) in [5.74, 6) is -1.32. The van der Waals surface area contributed by atoms with E-state index in [9.17, 15) is 18.0 Å². The number of carbonyl (C=O) groups is 2. The molecule has 1 aromatic heterocycles. The van der Waals surface area contributed by atoms with Crippen molar-refractivity contribution < 1.29 is 22.7 Å². The molecule has 0 bridgehead atoms. The van der Waals surface area contributed by atoms with Crippen LogP contribution in [0.5, 0.6) is 0 Å². The van der Waals surface area contributed by atoms with E-state index in [1.54, 1.807) is 12.3 Å². The first-order valence-corrected chi connectivity index (χ1v) is 8.79. The number of aryl methyl sites for hydroxylation is 1. The van der Waals surface area contributed by atoms with Crippen molar-refractivity contribution in [2.75, 3.05) is 24.3 Å². The van der Waals surface area contributed by atoms with E-state index in [2.05, 4.69) is 0 Å². The summed E-state index contributed by atoms with van der Waals surface area (Å²) in [6.45, 7) is 1.99. The largest absolute Gasteiger partial charge is 0.465 e. The molecule has 1 aliphatic rings. The zero-order valence-electron chi connectivity index (χ0n) is 11.7. The monoisotopic (exact) mass is 332 g/mol. The lowest BCUT2D eigenvalue weighted by Gasteiger charge is -2.16. The van der Waals surface area contributed by atoms with Gasteiger partial charge in [0, 0.05) is 18.9 Å². The van der Waals surface area contributed by atoms with Crippen LogP contribution in [0.4, 0.5) is 5.00 Å². The maximum Gasteiger partial charge on any atom is 0.341 e. The summed E-state index contributed by atoms with van der Waals surface area (Å²) in [5.41, 5.74) is 1.08. The fourth-order valence-corrected chi connectivity index (χ4v) is 4.35. The van der Waals surface area contributed by atoms with Gasteiger partial charge in [-0.2, -0.15) is 0 Å². The number of sulfonamides is 1. The van der Waals surface area contributed by atoms with Crippen LogP contribution in [-0.2, 0) is 19.6 Å². The summed E-state index contributed by atoms with van der Waals surface area (Å²) in [7, 11) is -2.35. The van der Waals surface area contributed by atoms with Crippen LogP contribution in [0.2, 0.25) is 0 Å². The molecule has 0 aromatic carbocycles. The number of methoxy groups -OCH3 is 1. The molecule has 0 saturated carbocycles. The number of carbonyl (C=O) groups excluding carboxylic acids is 2. The van der Waals surface area contributed by atoms with Crippen LogP contribution in [0.25, 0.3) is 0 Å². The predicted molar refractivity (Wildman–Crippen MR) is 78.8 cm³/mol. The van der Waals surface area contributed by atoms with E-state index < -0.39 is 16.0 Å². The van der Waals surface area contributed by atoms with Gasteiger partial charge >= 0.3 is 5.97 Å². The number of esters is 1. The van der Waals surface area contributed by atoms with Gasteiger partial charge in [0.15, 0.2) is 0 Å². The minimum absolute atomic E-state index is 0.105. The van der Waals surface area contributed by atoms with Crippen molar-refractivity contribution in [1.82, 2.24) is 0 Å². The Hall–Kier alpha value is -1.45. The molecule has 0 aliphatic carbocycles. The summed E-state index contributed by atoms with van der Waals surface area (Å²) in [4.78, 5) is 25.4. The molecule has 0 spiro atoms. The molecule has 7 nitrogen and oxygen atoms in total. The molecular formula is C12H16N2O5S2. The summed E-state index contributed by atoms with van der Waals surface area (Å²) in [6, 6.07) is 0. The number of nitrogens with two attached hydrogens (primary N) is 1. The van der Waals surface area contributed by atoms with Gasteiger partial charge in [-0.1, -0.05) is 0 Å². The standard InChI is InChI=1S/C12H16N2O5S2/c1-7-5-20-11(10(7)12(16)19-2)14-4-8(3-9(14)15)6-21(13,17)18/h5,8H,3-4,6H2,1-2H3,(H2,13,17,18). The van der Waals surface area contributed by atoms with Gasteiger partial charge in [0.25, 0.3) is 0 Å². The van der Waals surface area contributed by atoms with Crippen molar-refractivity contribution in [3.05, 3.63) is 16.5 Å². The molecule has 1 amide bonds. The Morgan fingerprint density at radius 2 is 2.24 bits per heavy atom. The average molecular weight is 332 g/mol. The van der Waals surface area contributed by atoms with Gasteiger partial charge in [-0.05, 0) is 17.9 Å². The summed E-state index contributed by atoms with van der Waals surface area (Å²) < 4.78 is 27.0. The topological polar surface area (TPSA) is 107 Å². The highest BCUT2D eigenvalue weighted by Gasteiger charge is 2.36. The van der Waals surface area contributed by atoms with Crippen LogP contribution < -0.4 is 10.0 Å². The van der Waals surface area contributed by atoms with Gasteiger partial charge in [0.2, 0.25) is 15.9 Å². The number of amides is 1. The second-order valence-electron chi connectivity index (χ2n) is 4.99. The fourth-order valence-electron chi connectivity index (χ4n) is 2.40. The molecule has 1 atom stereocenters. The predicted octanol–water partition coefficient (Wildman–Crippen LogP) is 0.485. The Morgan fingerprint density at radius 3 is 2.81 bits per heavy atom. The second kappa shape index (κ2) is 5.74. The van der Waals surface area contributed by atoms with Gasteiger partial charge < -0.3 is 9.64 Å². The smallest absolute Gasteiger partial charge is 0.341 e. The minimum Gasteiger partial charge on any atom is -0.465 e. The van der Waals surface area contributed by atoms with Crippen LogP contribution in [0.1, 0.15) is 22.3 Å². The zero-order valence-corrected chi connectivity index (χ0v) is 13.3. The van der Waals surface area contributed by atoms with E-state index in [0.717, 1.165) is 5.56 Å². The van der Waals surface area contributed by atoms with Crippen molar-refractivity contribution in [2.45, 2.75) is 13.3 Å². The van der Waals surface area contributed by atoms with E-state index in [1.165, 1.54) is 23.3 Å². The van der Waals surface area contributed by atoms with Crippen LogP contribution >= 0.6 is 11.3 Å². The van der Waals surface area contributed by atoms with Crippen molar-refractivity contribution >= 4 is 38.2 Å². The van der Waals surface area contributed by atoms with Crippen LogP contribution in [-0.4, -0.2) is 39.7 Å². The molecule has 9 heteroatoms. The second-order valence-corrected chi connectivity index (χ2v) is 7.51. The lowest BCUT2D eigenvalue weighted by atomic mass is 10.1. The summed E-state index contributed by atoms with van der Waals surface area (Å²) >= 11 is 1.26. The van der Waals surface area contributed by atoms with E-state index in [1.807, 2.05) is 0 Å². The Morgan fingerprint density at radius 1 is 1.57 bits per heavy atom. The van der Waals surface area contributed by atoms with Crippen molar-refractivity contribution in [1.29, 1.82) is 0 Å². The maximum absolute atomic E-state index is 12.1. The number of nitrogens with zero attached hydrogens (tertiary/aromatic N) is 1. The lowest BCUT2D eigenvalue weighted by Crippen LogP contribution is -2.28. The number of ether oxygens (including phenoxy) is 1. The maximum atomic E-state index is 12.1. The van der Waals surface area contributed by atoms with E-state index in [-0.39, 0.29) is 30.5 Å². The van der Waals surface area contributed by atoms with Gasteiger partial charge in [-0.3, -0.25) is 4.79 Å². The van der Waals surface area contributed by atoms with Crippen molar-refractivity contribution in [3.8, 4) is 0 Å². The van der Waals surface area contributed by atoms with Crippen LogP contribution in [0.15, 0.2) is 5.38 Å². The van der Waals surface area contributed by atoms with Gasteiger partial charge in [0.1, 0.15) is 5.00 Å². The third kappa shape index (κ3) is 3.42. The van der Waals surface area contributed by atoms with Crippen LogP contribution in [0, 0.1) is 12.8 Å². The first-order valence-electron chi connectivity index (χ1n) is 6.20. The SMILES string of the molecule is COC(=O)c1c(C)csc1N1CC(CS(N)(=O)=O)CC1=O. The Kier molecular flexibility index (Phi) is 4.35. The number of rotatable bonds is 4. The Balaban J connectivity index is 2.28. The molecule has 1 aliphatic heterocycles. The molecule has 1 unspecified atom stereocenters. The molecule has 2 heterocycles. The number of primary sulfonamides is 1. The van der Waals surface area contributed by atoms with Crippen molar-refractivity contribution in [2.24, 2.45) is 11.1 Å². The summed E-state index contributed by atoms with van der Waals surface area (Å²) in [6.07, 6.45) is 0.105. The normalized spacial score (nSPS) is 19.1. The molecule has 0 radical (unpaired) electrons. The van der Waals surface area contributed by atoms with Crippen LogP contribution in [0.3, 0.4) is 0 Å². The molecule has 21 heavy (non-hydrogen) atoms. The number of thiophene rings is 1. The van der Waals surface area contributed by atoms with Gasteiger partial charge in [0.05, 0.1) is 18.4 Å². The molecule has 1 fully saturated rings. The third-order valence-electron chi connectivity index (χ3n) is 3.26. The van der Waals surface area contributed by atoms with E-state index >= 15 is 0 Å². The highest BCUT2D eigenvalue weighted by molar-refractivity contribution is 7.89. The molecule has 116 valence electrons. The molecule has 2 N–H and O–H groups in total. The highest BCUT2D eigenvalue weighted by Crippen LogP contribution is 2.36. The number of anilines is 1.